The van der Waals surface area contributed by atoms with Crippen LogP contribution in [0.15, 0.2) is 0 Å². The Morgan fingerprint density at radius 2 is 1.84 bits per heavy atom. The first kappa shape index (κ1) is 13.5. The van der Waals surface area contributed by atoms with Crippen molar-refractivity contribution in [3.8, 4) is 0 Å². The Kier molecular flexibility index (Phi) is 3.55. The Morgan fingerprint density at radius 1 is 1.26 bits per heavy atom. The minimum Gasteiger partial charge on any atom is -0.355 e. The van der Waals surface area contributed by atoms with E-state index in [0.717, 1.165) is 6.42 Å². The lowest BCUT2D eigenvalue weighted by molar-refractivity contribution is -0.209. The monoisotopic (exact) mass is 268 g/mol. The van der Waals surface area contributed by atoms with Crippen molar-refractivity contribution in [1.82, 2.24) is 10.4 Å². The second-order valence-electron chi connectivity index (χ2n) is 4.76. The van der Waals surface area contributed by atoms with Gasteiger partial charge in [0.15, 0.2) is 0 Å². The van der Waals surface area contributed by atoms with Crippen LogP contribution in [0.5, 0.6) is 0 Å². The molecule has 2 fully saturated rings. The maximum Gasteiger partial charge on any atom is 0.348 e. The molecule has 1 aliphatic heterocycles. The number of carbonyl (C=O) groups is 4. The zero-order chi connectivity index (χ0) is 14.0. The molecule has 2 rings (SSSR count). The molecule has 1 saturated heterocycles. The van der Waals surface area contributed by atoms with Crippen molar-refractivity contribution >= 4 is 23.7 Å². The highest BCUT2D eigenvalue weighted by Gasteiger charge is 2.53. The fourth-order valence-corrected chi connectivity index (χ4v) is 2.21. The van der Waals surface area contributed by atoms with Gasteiger partial charge in [0.1, 0.15) is 5.41 Å². The van der Waals surface area contributed by atoms with Crippen LogP contribution in [-0.2, 0) is 24.0 Å². The second-order valence-corrected chi connectivity index (χ2v) is 4.76. The van der Waals surface area contributed by atoms with Crippen LogP contribution in [0.3, 0.4) is 0 Å². The number of hydroxylamine groups is 2. The number of rotatable bonds is 4. The van der Waals surface area contributed by atoms with E-state index in [-0.39, 0.29) is 12.8 Å². The maximum atomic E-state index is 12.1. The van der Waals surface area contributed by atoms with Crippen LogP contribution in [0.1, 0.15) is 39.0 Å². The van der Waals surface area contributed by atoms with Crippen LogP contribution in [0, 0.1) is 5.41 Å². The van der Waals surface area contributed by atoms with E-state index in [4.69, 9.17) is 4.84 Å². The van der Waals surface area contributed by atoms with Crippen LogP contribution in [0.2, 0.25) is 0 Å². The van der Waals surface area contributed by atoms with E-state index >= 15 is 0 Å². The fourth-order valence-electron chi connectivity index (χ4n) is 2.21. The first-order valence-corrected chi connectivity index (χ1v) is 6.38. The molecule has 0 aromatic heterocycles. The molecule has 0 atom stereocenters. The molecule has 0 aromatic carbocycles. The summed E-state index contributed by atoms with van der Waals surface area (Å²) in [6.07, 6.45) is 1.59. The van der Waals surface area contributed by atoms with E-state index in [2.05, 4.69) is 5.32 Å². The van der Waals surface area contributed by atoms with Crippen molar-refractivity contribution in [2.75, 3.05) is 6.54 Å². The van der Waals surface area contributed by atoms with E-state index in [1.807, 2.05) is 0 Å². The molecule has 2 aliphatic rings. The molecular weight excluding hydrogens is 252 g/mol. The summed E-state index contributed by atoms with van der Waals surface area (Å²) in [5.74, 6) is -2.29. The van der Waals surface area contributed by atoms with Crippen molar-refractivity contribution < 1.29 is 24.0 Å². The molecule has 1 saturated carbocycles. The minimum absolute atomic E-state index is 0.0419. The summed E-state index contributed by atoms with van der Waals surface area (Å²) in [5.41, 5.74) is -1.24. The van der Waals surface area contributed by atoms with Gasteiger partial charge in [-0.1, -0.05) is 6.42 Å². The van der Waals surface area contributed by atoms with Crippen LogP contribution in [-0.4, -0.2) is 35.3 Å². The highest BCUT2D eigenvalue weighted by atomic mass is 16.7. The van der Waals surface area contributed by atoms with Gasteiger partial charge in [-0.25, -0.2) is 4.79 Å². The summed E-state index contributed by atoms with van der Waals surface area (Å²) in [6, 6.07) is 0. The van der Waals surface area contributed by atoms with Crippen LogP contribution < -0.4 is 5.32 Å². The van der Waals surface area contributed by atoms with E-state index in [1.54, 1.807) is 6.92 Å². The summed E-state index contributed by atoms with van der Waals surface area (Å²) in [6.45, 7) is 2.17. The van der Waals surface area contributed by atoms with Crippen LogP contribution >= 0.6 is 0 Å². The summed E-state index contributed by atoms with van der Waals surface area (Å²) < 4.78 is 0. The number of nitrogens with zero attached hydrogens (tertiary/aromatic N) is 1. The zero-order valence-corrected chi connectivity index (χ0v) is 10.7. The van der Waals surface area contributed by atoms with Gasteiger partial charge in [-0.05, 0) is 19.8 Å². The Labute approximate surface area is 110 Å². The lowest BCUT2D eigenvalue weighted by Gasteiger charge is -2.37. The van der Waals surface area contributed by atoms with Gasteiger partial charge >= 0.3 is 5.97 Å². The average Bonchev–Trinajstić information content (AvgIpc) is 2.60. The fraction of sp³-hybridized carbons (Fsp3) is 0.667. The molecule has 0 unspecified atom stereocenters. The number of amides is 3. The van der Waals surface area contributed by atoms with Crippen molar-refractivity contribution in [1.29, 1.82) is 0 Å². The van der Waals surface area contributed by atoms with Gasteiger partial charge in [-0.3, -0.25) is 14.4 Å². The topological polar surface area (TPSA) is 92.8 Å². The number of hydrogen-bond donors (Lipinski definition) is 1. The molecule has 0 aromatic rings. The smallest absolute Gasteiger partial charge is 0.348 e. The summed E-state index contributed by atoms with van der Waals surface area (Å²) in [4.78, 5) is 51.6. The van der Waals surface area contributed by atoms with E-state index in [9.17, 15) is 19.2 Å². The van der Waals surface area contributed by atoms with Crippen molar-refractivity contribution in [2.24, 2.45) is 5.41 Å². The molecule has 0 spiro atoms. The van der Waals surface area contributed by atoms with E-state index < -0.39 is 29.1 Å². The molecule has 1 N–H and O–H groups in total. The third-order valence-corrected chi connectivity index (χ3v) is 3.55. The number of imide groups is 1. The Morgan fingerprint density at radius 3 is 2.26 bits per heavy atom. The highest BCUT2D eigenvalue weighted by molar-refractivity contribution is 6.06. The molecule has 1 aliphatic carbocycles. The molecule has 7 nitrogen and oxygen atoms in total. The standard InChI is InChI=1S/C12H16N2O5/c1-2-13-10(17)12(6-3-7-12)11(18)19-14-8(15)4-5-9(14)16/h2-7H2,1H3,(H,13,17). The molecule has 104 valence electrons. The lowest BCUT2D eigenvalue weighted by atomic mass is 9.68. The Balaban J connectivity index is 2.07. The maximum absolute atomic E-state index is 12.1. The summed E-state index contributed by atoms with van der Waals surface area (Å²) in [7, 11) is 0. The number of nitrogens with one attached hydrogen (secondary N) is 1. The molecule has 0 bridgehead atoms. The predicted octanol–water partition coefficient (Wildman–Crippen LogP) is -0.100. The minimum atomic E-state index is -1.24. The largest absolute Gasteiger partial charge is 0.355 e. The zero-order valence-electron chi connectivity index (χ0n) is 10.7. The number of hydrogen-bond acceptors (Lipinski definition) is 5. The highest BCUT2D eigenvalue weighted by Crippen LogP contribution is 2.42. The Bertz CT molecular complexity index is 425. The van der Waals surface area contributed by atoms with Gasteiger partial charge in [-0.15, -0.1) is 5.06 Å². The van der Waals surface area contributed by atoms with Crippen molar-refractivity contribution in [2.45, 2.75) is 39.0 Å². The van der Waals surface area contributed by atoms with Gasteiger partial charge in [0.25, 0.3) is 11.8 Å². The van der Waals surface area contributed by atoms with E-state index in [0.29, 0.717) is 24.4 Å². The molecule has 7 heteroatoms. The molecular formula is C12H16N2O5. The predicted molar refractivity (Wildman–Crippen MR) is 62.1 cm³/mol. The SMILES string of the molecule is CCNC(=O)C1(C(=O)ON2C(=O)CCC2=O)CCC1. The van der Waals surface area contributed by atoms with Gasteiger partial charge in [0, 0.05) is 19.4 Å². The summed E-state index contributed by atoms with van der Waals surface area (Å²) >= 11 is 0. The normalized spacial score (nSPS) is 21.0. The summed E-state index contributed by atoms with van der Waals surface area (Å²) in [5, 5.41) is 3.08. The van der Waals surface area contributed by atoms with Gasteiger partial charge in [-0.2, -0.15) is 0 Å². The van der Waals surface area contributed by atoms with Crippen molar-refractivity contribution in [3.05, 3.63) is 0 Å². The molecule has 3 amide bonds. The Hall–Kier alpha value is -1.92. The first-order chi connectivity index (χ1) is 9.01. The second kappa shape index (κ2) is 4.99. The lowest BCUT2D eigenvalue weighted by Crippen LogP contribution is -2.53. The van der Waals surface area contributed by atoms with Gasteiger partial charge in [0.2, 0.25) is 5.91 Å². The average molecular weight is 268 g/mol. The third kappa shape index (κ3) is 2.20. The molecule has 19 heavy (non-hydrogen) atoms. The first-order valence-electron chi connectivity index (χ1n) is 6.38. The quantitative estimate of drug-likeness (QED) is 0.567. The van der Waals surface area contributed by atoms with Crippen molar-refractivity contribution in [3.63, 3.8) is 0 Å². The number of carbonyl (C=O) groups excluding carboxylic acids is 4. The van der Waals surface area contributed by atoms with Gasteiger partial charge < -0.3 is 10.2 Å². The van der Waals surface area contributed by atoms with E-state index in [1.165, 1.54) is 0 Å². The third-order valence-electron chi connectivity index (χ3n) is 3.55. The molecule has 1 heterocycles. The molecule has 0 radical (unpaired) electrons. The van der Waals surface area contributed by atoms with Crippen LogP contribution in [0.25, 0.3) is 0 Å². The van der Waals surface area contributed by atoms with Crippen LogP contribution in [0.4, 0.5) is 0 Å². The van der Waals surface area contributed by atoms with Gasteiger partial charge in [0.05, 0.1) is 0 Å².